The Kier molecular flexibility index (Phi) is 6.84. The second kappa shape index (κ2) is 9.17. The minimum Gasteiger partial charge on any atom is -0.273 e. The number of nitrogens with zero attached hydrogens (tertiary/aromatic N) is 5. The Morgan fingerprint density at radius 3 is 2.38 bits per heavy atom. The first-order chi connectivity index (χ1) is 13.8. The Hall–Kier alpha value is -2.07. The maximum atomic E-state index is 13.2. The van der Waals surface area contributed by atoms with Gasteiger partial charge in [0.05, 0.1) is 17.0 Å². The Balaban J connectivity index is 1.95. The summed E-state index contributed by atoms with van der Waals surface area (Å²) >= 11 is 2.85. The van der Waals surface area contributed by atoms with Gasteiger partial charge >= 0.3 is 6.18 Å². The molecule has 2 aromatic heterocycles. The second-order valence-electron chi connectivity index (χ2n) is 6.35. The molecule has 29 heavy (non-hydrogen) atoms. The van der Waals surface area contributed by atoms with E-state index >= 15 is 0 Å². The summed E-state index contributed by atoms with van der Waals surface area (Å²) in [4.78, 5) is 8.79. The van der Waals surface area contributed by atoms with E-state index < -0.39 is 11.7 Å². The number of hydrogen-bond donors (Lipinski definition) is 0. The monoisotopic (exact) mass is 439 g/mol. The van der Waals surface area contributed by atoms with E-state index in [4.69, 9.17) is 0 Å². The van der Waals surface area contributed by atoms with Gasteiger partial charge in [-0.3, -0.25) is 4.57 Å². The molecule has 1 aromatic carbocycles. The highest BCUT2D eigenvalue weighted by Gasteiger charge is 2.31. The van der Waals surface area contributed by atoms with Crippen LogP contribution in [0.3, 0.4) is 0 Å². The van der Waals surface area contributed by atoms with Crippen molar-refractivity contribution in [2.45, 2.75) is 49.4 Å². The molecule has 0 radical (unpaired) electrons. The lowest BCUT2D eigenvalue weighted by atomic mass is 10.2. The highest BCUT2D eigenvalue weighted by molar-refractivity contribution is 7.99. The summed E-state index contributed by atoms with van der Waals surface area (Å²) in [5, 5.41) is 9.61. The molecule has 0 aliphatic carbocycles. The smallest absolute Gasteiger partial charge is 0.273 e. The molecule has 0 N–H and O–H groups in total. The number of rotatable bonds is 7. The molecule has 3 aromatic rings. The molecule has 154 valence electrons. The summed E-state index contributed by atoms with van der Waals surface area (Å²) in [5.74, 6) is 1.74. The lowest BCUT2D eigenvalue weighted by molar-refractivity contribution is -0.137. The zero-order chi connectivity index (χ0) is 21.0. The number of alkyl halides is 3. The van der Waals surface area contributed by atoms with Crippen molar-refractivity contribution in [1.29, 1.82) is 0 Å². The fraction of sp³-hybridized carbons (Fsp3) is 0.368. The summed E-state index contributed by atoms with van der Waals surface area (Å²) in [6.07, 6.45) is -3.50. The van der Waals surface area contributed by atoms with E-state index in [-0.39, 0.29) is 0 Å². The van der Waals surface area contributed by atoms with Crippen LogP contribution in [0.1, 0.15) is 36.1 Å². The molecular formula is C19H20F3N5S2. The summed E-state index contributed by atoms with van der Waals surface area (Å²) in [6.45, 7) is 5.82. The number of benzene rings is 1. The predicted molar refractivity (Wildman–Crippen MR) is 108 cm³/mol. The molecule has 0 bridgehead atoms. The van der Waals surface area contributed by atoms with Gasteiger partial charge < -0.3 is 0 Å². The van der Waals surface area contributed by atoms with Crippen molar-refractivity contribution in [3.05, 3.63) is 53.1 Å². The summed E-state index contributed by atoms with van der Waals surface area (Å²) in [7, 11) is 0. The maximum absolute atomic E-state index is 13.2. The van der Waals surface area contributed by atoms with E-state index in [0.717, 1.165) is 35.7 Å². The minimum atomic E-state index is -4.41. The van der Waals surface area contributed by atoms with Gasteiger partial charge in [0.1, 0.15) is 5.82 Å². The van der Waals surface area contributed by atoms with E-state index in [1.807, 2.05) is 26.8 Å². The molecule has 10 heteroatoms. The van der Waals surface area contributed by atoms with Crippen LogP contribution in [0.25, 0.3) is 5.69 Å². The molecule has 0 atom stereocenters. The molecule has 2 heterocycles. The van der Waals surface area contributed by atoms with E-state index in [1.165, 1.54) is 29.6 Å². The standard InChI is InChI=1S/C19H20F3N5S2/c1-4-8-28-18-26-25-16(11-29-17-23-12(2)9-13(3)24-17)27(18)15-7-5-6-14(10-15)19(20,21)22/h5-7,9-10H,4,8,11H2,1-3H3. The minimum absolute atomic E-state index is 0.388. The molecule has 0 aliphatic rings. The number of aromatic nitrogens is 5. The van der Waals surface area contributed by atoms with Crippen molar-refractivity contribution in [3.63, 3.8) is 0 Å². The van der Waals surface area contributed by atoms with Crippen molar-refractivity contribution in [2.75, 3.05) is 5.75 Å². The molecule has 5 nitrogen and oxygen atoms in total. The molecule has 0 aliphatic heterocycles. The number of thioether (sulfide) groups is 2. The average Bonchev–Trinajstić information content (AvgIpc) is 3.06. The highest BCUT2D eigenvalue weighted by atomic mass is 32.2. The Labute approximate surface area is 175 Å². The van der Waals surface area contributed by atoms with Crippen molar-refractivity contribution in [2.24, 2.45) is 0 Å². The van der Waals surface area contributed by atoms with Crippen LogP contribution < -0.4 is 0 Å². The van der Waals surface area contributed by atoms with Crippen LogP contribution >= 0.6 is 23.5 Å². The fourth-order valence-electron chi connectivity index (χ4n) is 2.65. The third kappa shape index (κ3) is 5.51. The fourth-order valence-corrected chi connectivity index (χ4v) is 4.34. The Morgan fingerprint density at radius 2 is 1.72 bits per heavy atom. The second-order valence-corrected chi connectivity index (χ2v) is 8.36. The van der Waals surface area contributed by atoms with Crippen molar-refractivity contribution < 1.29 is 13.2 Å². The van der Waals surface area contributed by atoms with Gasteiger partial charge in [0.25, 0.3) is 0 Å². The normalized spacial score (nSPS) is 11.8. The van der Waals surface area contributed by atoms with Crippen LogP contribution in [0.4, 0.5) is 13.2 Å². The van der Waals surface area contributed by atoms with Gasteiger partial charge in [0.15, 0.2) is 10.3 Å². The van der Waals surface area contributed by atoms with E-state index in [1.54, 1.807) is 10.6 Å². The molecule has 3 rings (SSSR count). The largest absolute Gasteiger partial charge is 0.416 e. The zero-order valence-electron chi connectivity index (χ0n) is 16.2. The van der Waals surface area contributed by atoms with Crippen LogP contribution in [-0.4, -0.2) is 30.5 Å². The van der Waals surface area contributed by atoms with Crippen LogP contribution in [0.15, 0.2) is 40.6 Å². The molecule has 0 saturated heterocycles. The lowest BCUT2D eigenvalue weighted by Gasteiger charge is -2.13. The number of hydrogen-bond acceptors (Lipinski definition) is 6. The first-order valence-corrected chi connectivity index (χ1v) is 10.9. The first kappa shape index (κ1) is 21.6. The van der Waals surface area contributed by atoms with Crippen LogP contribution in [0.2, 0.25) is 0 Å². The van der Waals surface area contributed by atoms with Gasteiger partial charge in [-0.15, -0.1) is 10.2 Å². The SMILES string of the molecule is CCCSc1nnc(CSc2nc(C)cc(C)n2)n1-c1cccc(C(F)(F)F)c1. The Bertz CT molecular complexity index is 968. The van der Waals surface area contributed by atoms with Gasteiger partial charge in [-0.25, -0.2) is 9.97 Å². The average molecular weight is 440 g/mol. The highest BCUT2D eigenvalue weighted by Crippen LogP contribution is 2.32. The Morgan fingerprint density at radius 1 is 1.00 bits per heavy atom. The number of aryl methyl sites for hydroxylation is 2. The first-order valence-electron chi connectivity index (χ1n) is 8.97. The van der Waals surface area contributed by atoms with E-state index in [2.05, 4.69) is 20.2 Å². The van der Waals surface area contributed by atoms with Crippen LogP contribution in [-0.2, 0) is 11.9 Å². The molecule has 0 unspecified atom stereocenters. The maximum Gasteiger partial charge on any atom is 0.416 e. The van der Waals surface area contributed by atoms with Gasteiger partial charge in [0.2, 0.25) is 0 Å². The van der Waals surface area contributed by atoms with E-state index in [0.29, 0.717) is 27.6 Å². The van der Waals surface area contributed by atoms with E-state index in [9.17, 15) is 13.2 Å². The van der Waals surface area contributed by atoms with Crippen molar-refractivity contribution in [1.82, 2.24) is 24.7 Å². The van der Waals surface area contributed by atoms with Crippen molar-refractivity contribution >= 4 is 23.5 Å². The molecule has 0 fully saturated rings. The van der Waals surface area contributed by atoms with Gasteiger partial charge in [-0.2, -0.15) is 13.2 Å². The predicted octanol–water partition coefficient (Wildman–Crippen LogP) is 5.49. The zero-order valence-corrected chi connectivity index (χ0v) is 17.8. The third-order valence-corrected chi connectivity index (χ3v) is 5.84. The molecular weight excluding hydrogens is 419 g/mol. The quantitative estimate of drug-likeness (QED) is 0.359. The van der Waals surface area contributed by atoms with Crippen LogP contribution in [0, 0.1) is 13.8 Å². The lowest BCUT2D eigenvalue weighted by Crippen LogP contribution is -2.08. The third-order valence-electron chi connectivity index (χ3n) is 3.86. The molecule has 0 amide bonds. The van der Waals surface area contributed by atoms with Crippen molar-refractivity contribution in [3.8, 4) is 5.69 Å². The number of halogens is 3. The molecule has 0 spiro atoms. The topological polar surface area (TPSA) is 56.5 Å². The summed E-state index contributed by atoms with van der Waals surface area (Å²) < 4.78 is 41.3. The van der Waals surface area contributed by atoms with Gasteiger partial charge in [-0.05, 0) is 44.5 Å². The summed E-state index contributed by atoms with van der Waals surface area (Å²) in [6, 6.07) is 7.10. The van der Waals surface area contributed by atoms with Gasteiger partial charge in [-0.1, -0.05) is 36.5 Å². The summed E-state index contributed by atoms with van der Waals surface area (Å²) in [5.41, 5.74) is 1.41. The van der Waals surface area contributed by atoms with Gasteiger partial charge in [0, 0.05) is 17.1 Å². The molecule has 0 saturated carbocycles. The van der Waals surface area contributed by atoms with Crippen LogP contribution in [0.5, 0.6) is 0 Å².